The molecule has 3 aromatic rings. The highest BCUT2D eigenvalue weighted by Crippen LogP contribution is 2.21. The zero-order valence-electron chi connectivity index (χ0n) is 11.6. The molecule has 0 aliphatic carbocycles. The third kappa shape index (κ3) is 2.87. The number of hydrogen-bond donors (Lipinski definition) is 1. The summed E-state index contributed by atoms with van der Waals surface area (Å²) in [6.07, 6.45) is 3.62. The standard InChI is InChI=1S/C16H15N3OS/c1-19-10-9-17-15(19)14(12-6-3-2-4-7-12)18-16(20)13-8-5-11-21-13/h2-11,14H,1H3,(H,18,20). The lowest BCUT2D eigenvalue weighted by molar-refractivity contribution is 0.0945. The van der Waals surface area contributed by atoms with Gasteiger partial charge in [0.2, 0.25) is 0 Å². The van der Waals surface area contributed by atoms with Gasteiger partial charge in [0.25, 0.3) is 5.91 Å². The molecule has 5 heteroatoms. The Balaban J connectivity index is 1.94. The Morgan fingerprint density at radius 2 is 2.05 bits per heavy atom. The van der Waals surface area contributed by atoms with E-state index in [1.165, 1.54) is 11.3 Å². The SMILES string of the molecule is Cn1ccnc1C(NC(=O)c1cccs1)c1ccccc1. The van der Waals surface area contributed by atoms with Crippen LogP contribution >= 0.6 is 11.3 Å². The number of rotatable bonds is 4. The maximum Gasteiger partial charge on any atom is 0.262 e. The van der Waals surface area contributed by atoms with E-state index < -0.39 is 0 Å². The summed E-state index contributed by atoms with van der Waals surface area (Å²) >= 11 is 1.43. The van der Waals surface area contributed by atoms with Gasteiger partial charge < -0.3 is 9.88 Å². The Kier molecular flexibility index (Phi) is 3.83. The second-order valence-electron chi connectivity index (χ2n) is 4.69. The molecule has 0 saturated carbocycles. The van der Waals surface area contributed by atoms with Gasteiger partial charge in [0, 0.05) is 19.4 Å². The van der Waals surface area contributed by atoms with Crippen LogP contribution < -0.4 is 5.32 Å². The number of amides is 1. The van der Waals surface area contributed by atoms with Crippen LogP contribution in [0.15, 0.2) is 60.2 Å². The summed E-state index contributed by atoms with van der Waals surface area (Å²) in [7, 11) is 1.93. The van der Waals surface area contributed by atoms with E-state index in [1.54, 1.807) is 6.20 Å². The first kappa shape index (κ1) is 13.6. The fourth-order valence-electron chi connectivity index (χ4n) is 2.21. The van der Waals surface area contributed by atoms with Crippen LogP contribution in [0.1, 0.15) is 27.1 Å². The summed E-state index contributed by atoms with van der Waals surface area (Å²) in [6.45, 7) is 0. The van der Waals surface area contributed by atoms with Crippen molar-refractivity contribution in [1.82, 2.24) is 14.9 Å². The van der Waals surface area contributed by atoms with Crippen LogP contribution in [0.3, 0.4) is 0 Å². The van der Waals surface area contributed by atoms with Crippen molar-refractivity contribution in [3.8, 4) is 0 Å². The van der Waals surface area contributed by atoms with E-state index in [2.05, 4.69) is 10.3 Å². The Labute approximate surface area is 127 Å². The van der Waals surface area contributed by atoms with Crippen LogP contribution in [0.2, 0.25) is 0 Å². The molecule has 0 aliphatic heterocycles. The molecule has 3 rings (SSSR count). The maximum absolute atomic E-state index is 12.4. The van der Waals surface area contributed by atoms with Crippen LogP contribution in [-0.2, 0) is 7.05 Å². The summed E-state index contributed by atoms with van der Waals surface area (Å²) in [6, 6.07) is 13.3. The lowest BCUT2D eigenvalue weighted by Crippen LogP contribution is -2.30. The number of aromatic nitrogens is 2. The van der Waals surface area contributed by atoms with Crippen molar-refractivity contribution in [3.05, 3.63) is 76.5 Å². The highest BCUT2D eigenvalue weighted by molar-refractivity contribution is 7.12. The monoisotopic (exact) mass is 297 g/mol. The number of nitrogens with one attached hydrogen (secondary N) is 1. The van der Waals surface area contributed by atoms with Gasteiger partial charge in [-0.15, -0.1) is 11.3 Å². The molecule has 1 atom stereocenters. The maximum atomic E-state index is 12.4. The fraction of sp³-hybridized carbons (Fsp3) is 0.125. The number of carbonyl (C=O) groups is 1. The number of hydrogen-bond acceptors (Lipinski definition) is 3. The molecule has 0 radical (unpaired) electrons. The number of nitrogens with zero attached hydrogens (tertiary/aromatic N) is 2. The number of thiophene rings is 1. The van der Waals surface area contributed by atoms with E-state index in [0.29, 0.717) is 4.88 Å². The Bertz CT molecular complexity index is 719. The zero-order valence-corrected chi connectivity index (χ0v) is 12.4. The molecule has 2 heterocycles. The van der Waals surface area contributed by atoms with Crippen molar-refractivity contribution in [2.45, 2.75) is 6.04 Å². The van der Waals surface area contributed by atoms with Gasteiger partial charge in [0.15, 0.2) is 0 Å². The number of imidazole rings is 1. The lowest BCUT2D eigenvalue weighted by Gasteiger charge is -2.18. The van der Waals surface area contributed by atoms with Gasteiger partial charge in [-0.25, -0.2) is 4.98 Å². The first-order valence-corrected chi connectivity index (χ1v) is 7.50. The van der Waals surface area contributed by atoms with Gasteiger partial charge >= 0.3 is 0 Å². The molecule has 0 bridgehead atoms. The molecule has 0 spiro atoms. The molecular weight excluding hydrogens is 282 g/mol. The van der Waals surface area contributed by atoms with Crippen molar-refractivity contribution in [2.75, 3.05) is 0 Å². The molecule has 4 nitrogen and oxygen atoms in total. The van der Waals surface area contributed by atoms with Crippen molar-refractivity contribution >= 4 is 17.2 Å². The molecular formula is C16H15N3OS. The predicted octanol–water partition coefficient (Wildman–Crippen LogP) is 3.00. The zero-order chi connectivity index (χ0) is 14.7. The molecule has 106 valence electrons. The van der Waals surface area contributed by atoms with E-state index in [9.17, 15) is 4.79 Å². The minimum absolute atomic E-state index is 0.0816. The Morgan fingerprint density at radius 3 is 2.67 bits per heavy atom. The van der Waals surface area contributed by atoms with Gasteiger partial charge in [0.1, 0.15) is 11.9 Å². The smallest absolute Gasteiger partial charge is 0.262 e. The molecule has 1 aromatic carbocycles. The molecule has 2 aromatic heterocycles. The van der Waals surface area contributed by atoms with Crippen LogP contribution in [0.4, 0.5) is 0 Å². The summed E-state index contributed by atoms with van der Waals surface area (Å²) in [5, 5.41) is 4.96. The van der Waals surface area contributed by atoms with E-state index in [-0.39, 0.29) is 11.9 Å². The summed E-state index contributed by atoms with van der Waals surface area (Å²) < 4.78 is 1.92. The molecule has 0 fully saturated rings. The highest BCUT2D eigenvalue weighted by Gasteiger charge is 2.21. The normalized spacial score (nSPS) is 12.0. The number of carbonyl (C=O) groups excluding carboxylic acids is 1. The van der Waals surface area contributed by atoms with Crippen LogP contribution in [0, 0.1) is 0 Å². The first-order valence-electron chi connectivity index (χ1n) is 6.62. The van der Waals surface area contributed by atoms with Crippen molar-refractivity contribution in [1.29, 1.82) is 0 Å². The molecule has 1 N–H and O–H groups in total. The quantitative estimate of drug-likeness (QED) is 0.804. The van der Waals surface area contributed by atoms with Crippen molar-refractivity contribution in [3.63, 3.8) is 0 Å². The van der Waals surface area contributed by atoms with Gasteiger partial charge in [-0.1, -0.05) is 36.4 Å². The molecule has 1 unspecified atom stereocenters. The van der Waals surface area contributed by atoms with Crippen LogP contribution in [0.5, 0.6) is 0 Å². The third-order valence-electron chi connectivity index (χ3n) is 3.27. The molecule has 0 aliphatic rings. The third-order valence-corrected chi connectivity index (χ3v) is 4.14. The minimum atomic E-state index is -0.263. The largest absolute Gasteiger partial charge is 0.337 e. The Morgan fingerprint density at radius 1 is 1.24 bits per heavy atom. The average molecular weight is 297 g/mol. The average Bonchev–Trinajstić information content (AvgIpc) is 3.17. The molecule has 21 heavy (non-hydrogen) atoms. The first-order chi connectivity index (χ1) is 10.3. The topological polar surface area (TPSA) is 46.9 Å². The lowest BCUT2D eigenvalue weighted by atomic mass is 10.1. The van der Waals surface area contributed by atoms with Gasteiger partial charge in [-0.2, -0.15) is 0 Å². The van der Waals surface area contributed by atoms with Gasteiger partial charge in [-0.3, -0.25) is 4.79 Å². The van der Waals surface area contributed by atoms with Gasteiger partial charge in [-0.05, 0) is 17.0 Å². The summed E-state index contributed by atoms with van der Waals surface area (Å²) in [5.41, 5.74) is 1.01. The van der Waals surface area contributed by atoms with Crippen LogP contribution in [-0.4, -0.2) is 15.5 Å². The Hall–Kier alpha value is -2.40. The van der Waals surface area contributed by atoms with Crippen molar-refractivity contribution < 1.29 is 4.79 Å². The molecule has 1 amide bonds. The summed E-state index contributed by atoms with van der Waals surface area (Å²) in [5.74, 6) is 0.730. The predicted molar refractivity (Wildman–Crippen MR) is 83.3 cm³/mol. The van der Waals surface area contributed by atoms with Gasteiger partial charge in [0.05, 0.1) is 4.88 Å². The van der Waals surface area contributed by atoms with E-state index in [4.69, 9.17) is 0 Å². The fourth-order valence-corrected chi connectivity index (χ4v) is 2.83. The second-order valence-corrected chi connectivity index (χ2v) is 5.64. The summed E-state index contributed by atoms with van der Waals surface area (Å²) in [4.78, 5) is 17.4. The van der Waals surface area contributed by atoms with E-state index in [0.717, 1.165) is 11.4 Å². The molecule has 0 saturated heterocycles. The van der Waals surface area contributed by atoms with Crippen LogP contribution in [0.25, 0.3) is 0 Å². The minimum Gasteiger partial charge on any atom is -0.337 e. The van der Waals surface area contributed by atoms with E-state index in [1.807, 2.05) is 65.7 Å². The van der Waals surface area contributed by atoms with Crippen molar-refractivity contribution in [2.24, 2.45) is 7.05 Å². The number of aryl methyl sites for hydroxylation is 1. The number of benzene rings is 1. The van der Waals surface area contributed by atoms with E-state index >= 15 is 0 Å². The second kappa shape index (κ2) is 5.93. The highest BCUT2D eigenvalue weighted by atomic mass is 32.1.